The number of rotatable bonds is 7. The van der Waals surface area contributed by atoms with Gasteiger partial charge >= 0.3 is 11.9 Å². The molecule has 0 radical (unpaired) electrons. The first-order valence-electron chi connectivity index (χ1n) is 8.91. The zero-order chi connectivity index (χ0) is 19.1. The molecule has 1 aromatic rings. The van der Waals surface area contributed by atoms with Crippen LogP contribution < -0.4 is 5.73 Å². The quantitative estimate of drug-likeness (QED) is 0.586. The molecule has 2 atom stereocenters. The van der Waals surface area contributed by atoms with Crippen molar-refractivity contribution in [1.29, 1.82) is 0 Å². The Morgan fingerprint density at radius 1 is 1.04 bits per heavy atom. The fourth-order valence-electron chi connectivity index (χ4n) is 3.18. The lowest BCUT2D eigenvalue weighted by Gasteiger charge is -2.17. The van der Waals surface area contributed by atoms with Crippen LogP contribution in [0.4, 0.5) is 5.69 Å². The Labute approximate surface area is 153 Å². The van der Waals surface area contributed by atoms with E-state index >= 15 is 0 Å². The number of anilines is 1. The Morgan fingerprint density at radius 3 is 2.31 bits per heavy atom. The number of hydrogen-bond donors (Lipinski definition) is 1. The summed E-state index contributed by atoms with van der Waals surface area (Å²) in [6.07, 6.45) is 0.114. The molecule has 1 fully saturated rings. The summed E-state index contributed by atoms with van der Waals surface area (Å²) in [4.78, 5) is 37.9. The van der Waals surface area contributed by atoms with Crippen LogP contribution >= 0.6 is 0 Å². The average Bonchev–Trinajstić information content (AvgIpc) is 3.06. The van der Waals surface area contributed by atoms with E-state index in [-0.39, 0.29) is 37.2 Å². The zero-order valence-corrected chi connectivity index (χ0v) is 15.3. The van der Waals surface area contributed by atoms with Crippen LogP contribution in [0.3, 0.4) is 0 Å². The molecule has 2 N–H and O–H groups in total. The van der Waals surface area contributed by atoms with E-state index in [1.54, 1.807) is 30.9 Å². The third-order valence-electron chi connectivity index (χ3n) is 4.47. The molecule has 1 heterocycles. The predicted octanol–water partition coefficient (Wildman–Crippen LogP) is 1.72. The predicted molar refractivity (Wildman–Crippen MR) is 96.2 cm³/mol. The Morgan fingerprint density at radius 2 is 1.69 bits per heavy atom. The lowest BCUT2D eigenvalue weighted by molar-refractivity contribution is -0.148. The molecular formula is C19H26N2O5. The van der Waals surface area contributed by atoms with Crippen molar-refractivity contribution in [2.24, 2.45) is 5.92 Å². The first-order valence-corrected chi connectivity index (χ1v) is 8.91. The number of benzene rings is 1. The third kappa shape index (κ3) is 4.97. The maximum Gasteiger partial charge on any atom is 0.311 e. The number of ether oxygens (including phenoxy) is 2. The van der Waals surface area contributed by atoms with E-state index in [1.807, 2.05) is 12.1 Å². The summed E-state index contributed by atoms with van der Waals surface area (Å²) in [5.41, 5.74) is 7.32. The maximum atomic E-state index is 12.5. The van der Waals surface area contributed by atoms with Crippen molar-refractivity contribution in [2.75, 3.05) is 32.0 Å². The molecule has 1 saturated heterocycles. The van der Waals surface area contributed by atoms with Crippen LogP contribution in [0, 0.1) is 5.92 Å². The van der Waals surface area contributed by atoms with Gasteiger partial charge in [-0.1, -0.05) is 12.1 Å². The van der Waals surface area contributed by atoms with Crippen molar-refractivity contribution in [2.45, 2.75) is 32.6 Å². The zero-order valence-electron chi connectivity index (χ0n) is 15.3. The highest BCUT2D eigenvalue weighted by Gasteiger charge is 2.41. The summed E-state index contributed by atoms with van der Waals surface area (Å²) in [5, 5.41) is 0. The summed E-state index contributed by atoms with van der Waals surface area (Å²) in [6, 6.07) is 7.31. The minimum absolute atomic E-state index is 0.0415. The van der Waals surface area contributed by atoms with Gasteiger partial charge in [0.2, 0.25) is 5.91 Å². The van der Waals surface area contributed by atoms with E-state index in [2.05, 4.69) is 0 Å². The molecule has 7 nitrogen and oxygen atoms in total. The second kappa shape index (κ2) is 9.22. The normalized spacial score (nSPS) is 19.2. The Kier molecular flexibility index (Phi) is 7.00. The van der Waals surface area contributed by atoms with E-state index in [4.69, 9.17) is 15.2 Å². The van der Waals surface area contributed by atoms with Crippen LogP contribution in [0.15, 0.2) is 24.3 Å². The van der Waals surface area contributed by atoms with Crippen molar-refractivity contribution in [3.8, 4) is 0 Å². The van der Waals surface area contributed by atoms with Crippen molar-refractivity contribution >= 4 is 23.5 Å². The van der Waals surface area contributed by atoms with Crippen LogP contribution in [0.2, 0.25) is 0 Å². The third-order valence-corrected chi connectivity index (χ3v) is 4.47. The van der Waals surface area contributed by atoms with Gasteiger partial charge in [-0.15, -0.1) is 0 Å². The van der Waals surface area contributed by atoms with Gasteiger partial charge in [-0.2, -0.15) is 0 Å². The van der Waals surface area contributed by atoms with Crippen molar-refractivity contribution in [1.82, 2.24) is 4.90 Å². The molecule has 0 aromatic heterocycles. The Bertz CT molecular complexity index is 644. The molecule has 7 heteroatoms. The number of amides is 1. The summed E-state index contributed by atoms with van der Waals surface area (Å²) >= 11 is 0. The molecule has 1 aliphatic heterocycles. The highest BCUT2D eigenvalue weighted by atomic mass is 16.5. The largest absolute Gasteiger partial charge is 0.466 e. The van der Waals surface area contributed by atoms with Crippen LogP contribution in [-0.2, 0) is 23.9 Å². The lowest BCUT2D eigenvalue weighted by Crippen LogP contribution is -2.30. The van der Waals surface area contributed by atoms with E-state index in [1.165, 1.54) is 0 Å². The minimum atomic E-state index is -0.426. The molecule has 1 aliphatic rings. The maximum absolute atomic E-state index is 12.5. The Hall–Kier alpha value is -2.57. The fourth-order valence-corrected chi connectivity index (χ4v) is 3.18. The van der Waals surface area contributed by atoms with Gasteiger partial charge in [0.05, 0.1) is 25.6 Å². The van der Waals surface area contributed by atoms with Crippen LogP contribution in [-0.4, -0.2) is 49.0 Å². The van der Waals surface area contributed by atoms with Gasteiger partial charge in [-0.3, -0.25) is 14.4 Å². The molecule has 0 aliphatic carbocycles. The topological polar surface area (TPSA) is 98.9 Å². The molecular weight excluding hydrogens is 336 g/mol. The van der Waals surface area contributed by atoms with Gasteiger partial charge in [0.15, 0.2) is 0 Å². The molecule has 1 amide bonds. The first-order chi connectivity index (χ1) is 12.5. The fraction of sp³-hybridized carbons (Fsp3) is 0.526. The lowest BCUT2D eigenvalue weighted by atomic mass is 9.89. The summed E-state index contributed by atoms with van der Waals surface area (Å²) in [5.74, 6) is -1.44. The van der Waals surface area contributed by atoms with E-state index < -0.39 is 11.9 Å². The van der Waals surface area contributed by atoms with Crippen molar-refractivity contribution in [3.63, 3.8) is 0 Å². The SMILES string of the molecule is CCOC(=O)CCC(=O)N1CC(C(=O)OCC)C(c2ccc(N)cc2)C1. The van der Waals surface area contributed by atoms with Crippen molar-refractivity contribution in [3.05, 3.63) is 29.8 Å². The van der Waals surface area contributed by atoms with E-state index in [9.17, 15) is 14.4 Å². The van der Waals surface area contributed by atoms with Gasteiger partial charge in [-0.25, -0.2) is 0 Å². The highest BCUT2D eigenvalue weighted by molar-refractivity contribution is 5.83. The number of likely N-dealkylation sites (tertiary alicyclic amines) is 1. The smallest absolute Gasteiger partial charge is 0.311 e. The second-order valence-electron chi connectivity index (χ2n) is 6.24. The first kappa shape index (κ1) is 19.8. The molecule has 0 bridgehead atoms. The molecule has 0 saturated carbocycles. The van der Waals surface area contributed by atoms with Gasteiger partial charge in [0.1, 0.15) is 0 Å². The number of nitrogens with two attached hydrogens (primary N) is 1. The van der Waals surface area contributed by atoms with Crippen LogP contribution in [0.1, 0.15) is 38.2 Å². The number of nitrogens with zero attached hydrogens (tertiary/aromatic N) is 1. The molecule has 2 rings (SSSR count). The van der Waals surface area contributed by atoms with Gasteiger partial charge in [-0.05, 0) is 31.5 Å². The van der Waals surface area contributed by atoms with Crippen molar-refractivity contribution < 1.29 is 23.9 Å². The second-order valence-corrected chi connectivity index (χ2v) is 6.24. The molecule has 0 spiro atoms. The minimum Gasteiger partial charge on any atom is -0.466 e. The monoisotopic (exact) mass is 362 g/mol. The van der Waals surface area contributed by atoms with Crippen LogP contribution in [0.25, 0.3) is 0 Å². The number of nitrogen functional groups attached to an aromatic ring is 1. The summed E-state index contributed by atoms with van der Waals surface area (Å²) < 4.78 is 10.0. The number of carbonyl (C=O) groups excluding carboxylic acids is 3. The summed E-state index contributed by atoms with van der Waals surface area (Å²) in [7, 11) is 0. The van der Waals surface area contributed by atoms with E-state index in [0.717, 1.165) is 5.56 Å². The average molecular weight is 362 g/mol. The number of carbonyl (C=O) groups is 3. The van der Waals surface area contributed by atoms with E-state index in [0.29, 0.717) is 25.4 Å². The Balaban J connectivity index is 2.08. The molecule has 26 heavy (non-hydrogen) atoms. The van der Waals surface area contributed by atoms with Gasteiger partial charge < -0.3 is 20.1 Å². The highest BCUT2D eigenvalue weighted by Crippen LogP contribution is 2.34. The summed E-state index contributed by atoms with van der Waals surface area (Å²) in [6.45, 7) is 4.76. The number of esters is 2. The molecule has 142 valence electrons. The standard InChI is InChI=1S/C19H26N2O5/c1-3-25-18(23)10-9-17(22)21-11-15(13-5-7-14(20)8-6-13)16(12-21)19(24)26-4-2/h5-8,15-16H,3-4,9-12,20H2,1-2H3. The number of hydrogen-bond acceptors (Lipinski definition) is 6. The molecule has 1 aromatic carbocycles. The van der Waals surface area contributed by atoms with Gasteiger partial charge in [0.25, 0.3) is 0 Å². The van der Waals surface area contributed by atoms with Crippen LogP contribution in [0.5, 0.6) is 0 Å². The molecule has 2 unspecified atom stereocenters. The van der Waals surface area contributed by atoms with Gasteiger partial charge in [0, 0.05) is 31.1 Å².